The number of hydrogen-bond donors (Lipinski definition) is 2. The molecule has 0 aliphatic heterocycles. The molecule has 32 heavy (non-hydrogen) atoms. The van der Waals surface area contributed by atoms with E-state index in [4.69, 9.17) is 4.74 Å². The number of rotatable bonds is 9. The Morgan fingerprint density at radius 1 is 0.906 bits per heavy atom. The lowest BCUT2D eigenvalue weighted by Gasteiger charge is -2.17. The van der Waals surface area contributed by atoms with Crippen molar-refractivity contribution < 1.29 is 18.7 Å². The summed E-state index contributed by atoms with van der Waals surface area (Å²) >= 11 is 0. The first-order valence-corrected chi connectivity index (χ1v) is 10.3. The Balaban J connectivity index is 1.50. The number of amides is 2. The van der Waals surface area contributed by atoms with Crippen LogP contribution in [0.5, 0.6) is 5.75 Å². The van der Waals surface area contributed by atoms with E-state index in [1.807, 2.05) is 6.92 Å². The summed E-state index contributed by atoms with van der Waals surface area (Å²) in [5.41, 5.74) is 2.24. The van der Waals surface area contributed by atoms with Crippen molar-refractivity contribution in [3.05, 3.63) is 89.7 Å². The van der Waals surface area contributed by atoms with Crippen molar-refractivity contribution in [3.8, 4) is 5.75 Å². The molecular formula is C25H26FN3O3. The number of nitrogens with one attached hydrogen (secondary N) is 2. The number of likely N-dealkylation sites (N-methyl/N-ethyl adjacent to an activating group) is 1. The first kappa shape index (κ1) is 23.0. The second kappa shape index (κ2) is 11.1. The van der Waals surface area contributed by atoms with E-state index in [2.05, 4.69) is 10.6 Å². The maximum atomic E-state index is 13.8. The molecule has 3 aromatic carbocycles. The number of anilines is 2. The summed E-state index contributed by atoms with van der Waals surface area (Å²) in [7, 11) is 1.75. The van der Waals surface area contributed by atoms with Crippen LogP contribution in [0.25, 0.3) is 0 Å². The molecule has 0 aliphatic carbocycles. The van der Waals surface area contributed by atoms with Crippen molar-refractivity contribution in [2.24, 2.45) is 0 Å². The number of nitrogens with zero attached hydrogens (tertiary/aromatic N) is 1. The van der Waals surface area contributed by atoms with E-state index in [0.717, 1.165) is 5.75 Å². The Hall–Kier alpha value is -3.71. The molecule has 0 unspecified atom stereocenters. The van der Waals surface area contributed by atoms with Gasteiger partial charge in [-0.25, -0.2) is 4.39 Å². The van der Waals surface area contributed by atoms with Gasteiger partial charge in [-0.1, -0.05) is 18.2 Å². The largest absolute Gasteiger partial charge is 0.494 e. The first-order valence-electron chi connectivity index (χ1n) is 10.3. The van der Waals surface area contributed by atoms with Crippen molar-refractivity contribution in [2.75, 3.05) is 30.8 Å². The van der Waals surface area contributed by atoms with Gasteiger partial charge < -0.3 is 15.4 Å². The van der Waals surface area contributed by atoms with E-state index in [-0.39, 0.29) is 24.2 Å². The van der Waals surface area contributed by atoms with Crippen LogP contribution in [-0.2, 0) is 11.3 Å². The minimum atomic E-state index is -0.293. The maximum Gasteiger partial charge on any atom is 0.255 e. The Kier molecular flexibility index (Phi) is 7.94. The summed E-state index contributed by atoms with van der Waals surface area (Å²) in [6.45, 7) is 2.92. The van der Waals surface area contributed by atoms with E-state index >= 15 is 0 Å². The minimum Gasteiger partial charge on any atom is -0.494 e. The summed E-state index contributed by atoms with van der Waals surface area (Å²) in [6.07, 6.45) is 0. The molecule has 0 fully saturated rings. The fourth-order valence-electron chi connectivity index (χ4n) is 3.13. The molecule has 7 heteroatoms. The van der Waals surface area contributed by atoms with E-state index in [1.165, 1.54) is 6.07 Å². The fourth-order valence-corrected chi connectivity index (χ4v) is 3.13. The monoisotopic (exact) mass is 435 g/mol. The van der Waals surface area contributed by atoms with E-state index in [1.54, 1.807) is 78.7 Å². The number of carbonyl (C=O) groups excluding carboxylic acids is 2. The molecule has 2 amide bonds. The zero-order chi connectivity index (χ0) is 22.9. The molecule has 0 atom stereocenters. The standard InChI is InChI=1S/C25H26FN3O3/c1-3-32-22-14-12-21(13-15-22)28-25(31)18-8-10-20(11-9-18)27-24(30)17-29(2)16-19-6-4-5-7-23(19)26/h4-15H,3,16-17H2,1-2H3,(H,27,30)(H,28,31). The molecule has 0 saturated heterocycles. The summed E-state index contributed by atoms with van der Waals surface area (Å²) in [5, 5.41) is 5.61. The Labute approximate surface area is 187 Å². The lowest BCUT2D eigenvalue weighted by Crippen LogP contribution is -2.30. The van der Waals surface area contributed by atoms with Gasteiger partial charge in [0.05, 0.1) is 13.2 Å². The van der Waals surface area contributed by atoms with Gasteiger partial charge in [0.25, 0.3) is 5.91 Å². The molecule has 0 spiro atoms. The van der Waals surface area contributed by atoms with Crippen molar-refractivity contribution in [3.63, 3.8) is 0 Å². The summed E-state index contributed by atoms with van der Waals surface area (Å²) in [6, 6.07) is 20.2. The highest BCUT2D eigenvalue weighted by Gasteiger charge is 2.11. The summed E-state index contributed by atoms with van der Waals surface area (Å²) < 4.78 is 19.1. The van der Waals surface area contributed by atoms with E-state index in [0.29, 0.717) is 35.7 Å². The summed E-state index contributed by atoms with van der Waals surface area (Å²) in [4.78, 5) is 26.5. The zero-order valence-corrected chi connectivity index (χ0v) is 18.1. The molecule has 2 N–H and O–H groups in total. The van der Waals surface area contributed by atoms with Crippen LogP contribution in [-0.4, -0.2) is 36.9 Å². The third-order valence-electron chi connectivity index (χ3n) is 4.67. The zero-order valence-electron chi connectivity index (χ0n) is 18.1. The second-order valence-electron chi connectivity index (χ2n) is 7.30. The molecule has 0 heterocycles. The maximum absolute atomic E-state index is 13.8. The van der Waals surface area contributed by atoms with Crippen molar-refractivity contribution in [1.29, 1.82) is 0 Å². The van der Waals surface area contributed by atoms with Gasteiger partial charge in [-0.05, 0) is 68.6 Å². The Morgan fingerprint density at radius 2 is 1.53 bits per heavy atom. The highest BCUT2D eigenvalue weighted by molar-refractivity contribution is 6.04. The van der Waals surface area contributed by atoms with Gasteiger partial charge in [-0.2, -0.15) is 0 Å². The Morgan fingerprint density at radius 3 is 2.19 bits per heavy atom. The van der Waals surface area contributed by atoms with Crippen LogP contribution in [0.15, 0.2) is 72.8 Å². The van der Waals surface area contributed by atoms with Crippen molar-refractivity contribution in [1.82, 2.24) is 4.90 Å². The number of carbonyl (C=O) groups is 2. The topological polar surface area (TPSA) is 70.7 Å². The predicted molar refractivity (Wildman–Crippen MR) is 123 cm³/mol. The molecule has 166 valence electrons. The van der Waals surface area contributed by atoms with Gasteiger partial charge in [0.2, 0.25) is 5.91 Å². The van der Waals surface area contributed by atoms with E-state index < -0.39 is 0 Å². The lowest BCUT2D eigenvalue weighted by molar-refractivity contribution is -0.117. The predicted octanol–water partition coefficient (Wildman–Crippen LogP) is 4.55. The molecule has 3 rings (SSSR count). The minimum absolute atomic E-state index is 0.105. The smallest absolute Gasteiger partial charge is 0.255 e. The van der Waals surface area contributed by atoms with Crippen LogP contribution in [0.1, 0.15) is 22.8 Å². The normalized spacial score (nSPS) is 10.6. The van der Waals surface area contributed by atoms with Crippen molar-refractivity contribution >= 4 is 23.2 Å². The van der Waals surface area contributed by atoms with Crippen LogP contribution < -0.4 is 15.4 Å². The average Bonchev–Trinajstić information content (AvgIpc) is 2.77. The van der Waals surface area contributed by atoms with Gasteiger partial charge in [-0.3, -0.25) is 14.5 Å². The summed E-state index contributed by atoms with van der Waals surface area (Å²) in [5.74, 6) is -0.0314. The Bertz CT molecular complexity index is 1050. The highest BCUT2D eigenvalue weighted by atomic mass is 19.1. The van der Waals surface area contributed by atoms with Crippen LogP contribution in [0, 0.1) is 5.82 Å². The molecule has 3 aromatic rings. The van der Waals surface area contributed by atoms with Crippen molar-refractivity contribution in [2.45, 2.75) is 13.5 Å². The SMILES string of the molecule is CCOc1ccc(NC(=O)c2ccc(NC(=O)CN(C)Cc3ccccc3F)cc2)cc1. The molecule has 0 bridgehead atoms. The number of benzene rings is 3. The third kappa shape index (κ3) is 6.65. The average molecular weight is 435 g/mol. The number of hydrogen-bond acceptors (Lipinski definition) is 4. The van der Waals surface area contributed by atoms with Gasteiger partial charge in [-0.15, -0.1) is 0 Å². The number of halogens is 1. The molecule has 0 aliphatic rings. The van der Waals surface area contributed by atoms with Gasteiger partial charge in [0.15, 0.2) is 0 Å². The van der Waals surface area contributed by atoms with Gasteiger partial charge in [0, 0.05) is 29.0 Å². The third-order valence-corrected chi connectivity index (χ3v) is 4.67. The van der Waals surface area contributed by atoms with Crippen LogP contribution in [0.3, 0.4) is 0 Å². The van der Waals surface area contributed by atoms with Crippen LogP contribution in [0.4, 0.5) is 15.8 Å². The lowest BCUT2D eigenvalue weighted by atomic mass is 10.2. The highest BCUT2D eigenvalue weighted by Crippen LogP contribution is 2.17. The molecule has 0 radical (unpaired) electrons. The van der Waals surface area contributed by atoms with Crippen LogP contribution >= 0.6 is 0 Å². The van der Waals surface area contributed by atoms with Crippen LogP contribution in [0.2, 0.25) is 0 Å². The van der Waals surface area contributed by atoms with Gasteiger partial charge >= 0.3 is 0 Å². The number of ether oxygens (including phenoxy) is 1. The fraction of sp³-hybridized carbons (Fsp3) is 0.200. The first-order chi connectivity index (χ1) is 15.4. The molecule has 0 saturated carbocycles. The van der Waals surface area contributed by atoms with E-state index in [9.17, 15) is 14.0 Å². The molecule has 6 nitrogen and oxygen atoms in total. The second-order valence-corrected chi connectivity index (χ2v) is 7.30. The van der Waals surface area contributed by atoms with Gasteiger partial charge in [0.1, 0.15) is 11.6 Å². The quantitative estimate of drug-likeness (QED) is 0.517. The molecule has 0 aromatic heterocycles. The molecular weight excluding hydrogens is 409 g/mol.